The molecule has 0 aromatic carbocycles. The number of aromatic nitrogens is 2. The van der Waals surface area contributed by atoms with Crippen LogP contribution in [0, 0.1) is 13.8 Å². The van der Waals surface area contributed by atoms with Crippen LogP contribution in [-0.2, 0) is 6.42 Å². The molecule has 0 unspecified atom stereocenters. The lowest BCUT2D eigenvalue weighted by Crippen LogP contribution is -2.06. The van der Waals surface area contributed by atoms with Gasteiger partial charge in [0.05, 0.1) is 11.8 Å². The van der Waals surface area contributed by atoms with Crippen LogP contribution in [0.4, 0.5) is 0 Å². The lowest BCUT2D eigenvalue weighted by molar-refractivity contribution is 0.185. The summed E-state index contributed by atoms with van der Waals surface area (Å²) in [4.78, 5) is 0. The maximum atomic E-state index is 9.28. The van der Waals surface area contributed by atoms with Crippen LogP contribution in [0.5, 0.6) is 0 Å². The highest BCUT2D eigenvalue weighted by Crippen LogP contribution is 2.19. The Balaban J connectivity index is 2.88. The van der Waals surface area contributed by atoms with Crippen molar-refractivity contribution in [1.82, 2.24) is 9.78 Å². The van der Waals surface area contributed by atoms with E-state index < -0.39 is 0 Å². The van der Waals surface area contributed by atoms with E-state index in [0.717, 1.165) is 18.5 Å². The summed E-state index contributed by atoms with van der Waals surface area (Å²) in [6.45, 7) is 10.3. The normalized spacial score (nSPS) is 13.5. The molecule has 0 saturated carbocycles. The monoisotopic (exact) mass is 210 g/mol. The number of hydrogen-bond acceptors (Lipinski definition) is 2. The molecular weight excluding hydrogens is 188 g/mol. The number of hydrogen-bond donors (Lipinski definition) is 1. The molecule has 0 amide bonds. The van der Waals surface area contributed by atoms with Gasteiger partial charge in [-0.15, -0.1) is 0 Å². The highest BCUT2D eigenvalue weighted by atomic mass is 16.3. The lowest BCUT2D eigenvalue weighted by Gasteiger charge is -2.09. The number of aliphatic hydroxyl groups is 1. The first kappa shape index (κ1) is 12.2. The Hall–Kier alpha value is -0.830. The van der Waals surface area contributed by atoms with Crippen molar-refractivity contribution >= 4 is 0 Å². The van der Waals surface area contributed by atoms with E-state index in [1.54, 1.807) is 0 Å². The third kappa shape index (κ3) is 2.81. The fourth-order valence-corrected chi connectivity index (χ4v) is 1.91. The van der Waals surface area contributed by atoms with E-state index in [1.807, 2.05) is 13.8 Å². The van der Waals surface area contributed by atoms with Gasteiger partial charge in [-0.3, -0.25) is 4.68 Å². The largest absolute Gasteiger partial charge is 0.393 e. The summed E-state index contributed by atoms with van der Waals surface area (Å²) in [5, 5.41) is 13.8. The van der Waals surface area contributed by atoms with Crippen LogP contribution in [-0.4, -0.2) is 21.0 Å². The van der Waals surface area contributed by atoms with Crippen molar-refractivity contribution in [2.75, 3.05) is 0 Å². The van der Waals surface area contributed by atoms with Crippen molar-refractivity contribution in [2.24, 2.45) is 0 Å². The molecule has 1 heterocycles. The van der Waals surface area contributed by atoms with Gasteiger partial charge in [-0.25, -0.2) is 0 Å². The van der Waals surface area contributed by atoms with Crippen molar-refractivity contribution in [3.63, 3.8) is 0 Å². The van der Waals surface area contributed by atoms with Gasteiger partial charge in [0.1, 0.15) is 0 Å². The smallest absolute Gasteiger partial charge is 0.0628 e. The molecular formula is C12H22N2O. The molecule has 1 aromatic heterocycles. The Morgan fingerprint density at radius 1 is 1.27 bits per heavy atom. The molecule has 86 valence electrons. The minimum atomic E-state index is -0.230. The third-order valence-corrected chi connectivity index (χ3v) is 2.78. The van der Waals surface area contributed by atoms with E-state index in [4.69, 9.17) is 0 Å². The summed E-state index contributed by atoms with van der Waals surface area (Å²) in [5.41, 5.74) is 3.63. The van der Waals surface area contributed by atoms with Crippen LogP contribution in [0.2, 0.25) is 0 Å². The predicted octanol–water partition coefficient (Wildman–Crippen LogP) is 2.39. The van der Waals surface area contributed by atoms with Crippen LogP contribution in [0.25, 0.3) is 0 Å². The second-order valence-electron chi connectivity index (χ2n) is 4.58. The fourth-order valence-electron chi connectivity index (χ4n) is 1.91. The molecule has 3 nitrogen and oxygen atoms in total. The first-order chi connectivity index (χ1) is 6.93. The zero-order valence-corrected chi connectivity index (χ0v) is 10.4. The Morgan fingerprint density at radius 2 is 1.87 bits per heavy atom. The Morgan fingerprint density at radius 3 is 2.27 bits per heavy atom. The second kappa shape index (κ2) is 4.79. The summed E-state index contributed by atoms with van der Waals surface area (Å²) >= 11 is 0. The summed E-state index contributed by atoms with van der Waals surface area (Å²) in [6.07, 6.45) is 1.50. The second-order valence-corrected chi connectivity index (χ2v) is 4.58. The predicted molar refractivity (Wildman–Crippen MR) is 62.1 cm³/mol. The molecule has 1 rings (SSSR count). The van der Waals surface area contributed by atoms with E-state index in [1.165, 1.54) is 11.3 Å². The van der Waals surface area contributed by atoms with Crippen molar-refractivity contribution in [1.29, 1.82) is 0 Å². The van der Waals surface area contributed by atoms with Gasteiger partial charge in [0.15, 0.2) is 0 Å². The minimum absolute atomic E-state index is 0.230. The molecule has 1 aromatic rings. The first-order valence-corrected chi connectivity index (χ1v) is 5.66. The molecule has 0 saturated heterocycles. The highest BCUT2D eigenvalue weighted by molar-refractivity contribution is 5.25. The first-order valence-electron chi connectivity index (χ1n) is 5.66. The van der Waals surface area contributed by atoms with Crippen LogP contribution in [0.3, 0.4) is 0 Å². The summed E-state index contributed by atoms with van der Waals surface area (Å²) in [6, 6.07) is 0.406. The number of nitrogens with zero attached hydrogens (tertiary/aromatic N) is 2. The maximum Gasteiger partial charge on any atom is 0.0628 e. The van der Waals surface area contributed by atoms with Gasteiger partial charge in [-0.05, 0) is 53.0 Å². The van der Waals surface area contributed by atoms with E-state index in [2.05, 4.69) is 30.6 Å². The van der Waals surface area contributed by atoms with Gasteiger partial charge in [0, 0.05) is 11.7 Å². The molecule has 0 aliphatic rings. The Labute approximate surface area is 92.1 Å². The zero-order valence-electron chi connectivity index (χ0n) is 10.4. The van der Waals surface area contributed by atoms with Crippen LogP contribution in [0.1, 0.15) is 50.2 Å². The molecule has 1 atom stereocenters. The SMILES string of the molecule is Cc1nn(C(C)C)c(C)c1CC[C@H](C)O. The number of aliphatic hydroxyl groups excluding tert-OH is 1. The maximum absolute atomic E-state index is 9.28. The van der Waals surface area contributed by atoms with E-state index in [-0.39, 0.29) is 6.10 Å². The molecule has 0 aliphatic heterocycles. The van der Waals surface area contributed by atoms with Gasteiger partial charge in [0.2, 0.25) is 0 Å². The molecule has 0 radical (unpaired) electrons. The molecule has 0 spiro atoms. The molecule has 1 N–H and O–H groups in total. The summed E-state index contributed by atoms with van der Waals surface area (Å²) < 4.78 is 2.06. The molecule has 3 heteroatoms. The Bertz CT molecular complexity index is 327. The van der Waals surface area contributed by atoms with Crippen molar-refractivity contribution in [3.8, 4) is 0 Å². The summed E-state index contributed by atoms with van der Waals surface area (Å²) in [7, 11) is 0. The van der Waals surface area contributed by atoms with Gasteiger partial charge < -0.3 is 5.11 Å². The van der Waals surface area contributed by atoms with Crippen LogP contribution >= 0.6 is 0 Å². The number of aryl methyl sites for hydroxylation is 1. The van der Waals surface area contributed by atoms with Gasteiger partial charge in [0.25, 0.3) is 0 Å². The average molecular weight is 210 g/mol. The van der Waals surface area contributed by atoms with Crippen molar-refractivity contribution in [2.45, 2.75) is 59.6 Å². The van der Waals surface area contributed by atoms with Crippen molar-refractivity contribution < 1.29 is 5.11 Å². The van der Waals surface area contributed by atoms with Gasteiger partial charge >= 0.3 is 0 Å². The van der Waals surface area contributed by atoms with E-state index in [0.29, 0.717) is 6.04 Å². The number of rotatable bonds is 4. The highest BCUT2D eigenvalue weighted by Gasteiger charge is 2.13. The average Bonchev–Trinajstić information content (AvgIpc) is 2.39. The fraction of sp³-hybridized carbons (Fsp3) is 0.750. The molecule has 0 aliphatic carbocycles. The molecule has 0 bridgehead atoms. The zero-order chi connectivity index (χ0) is 11.6. The van der Waals surface area contributed by atoms with Crippen LogP contribution < -0.4 is 0 Å². The van der Waals surface area contributed by atoms with Crippen LogP contribution in [0.15, 0.2) is 0 Å². The van der Waals surface area contributed by atoms with E-state index >= 15 is 0 Å². The summed E-state index contributed by atoms with van der Waals surface area (Å²) in [5.74, 6) is 0. The van der Waals surface area contributed by atoms with Crippen molar-refractivity contribution in [3.05, 3.63) is 17.0 Å². The third-order valence-electron chi connectivity index (χ3n) is 2.78. The van der Waals surface area contributed by atoms with Gasteiger partial charge in [-0.2, -0.15) is 5.10 Å². The topological polar surface area (TPSA) is 38.0 Å². The lowest BCUT2D eigenvalue weighted by atomic mass is 10.1. The molecule has 0 fully saturated rings. The molecule has 15 heavy (non-hydrogen) atoms. The Kier molecular flexibility index (Phi) is 3.91. The van der Waals surface area contributed by atoms with E-state index in [9.17, 15) is 5.11 Å². The van der Waals surface area contributed by atoms with Gasteiger partial charge in [-0.1, -0.05) is 0 Å². The minimum Gasteiger partial charge on any atom is -0.393 e. The standard InChI is InChI=1S/C12H22N2O/c1-8(2)14-11(5)12(10(4)13-14)7-6-9(3)15/h8-9,15H,6-7H2,1-5H3/t9-/m0/s1. The quantitative estimate of drug-likeness (QED) is 0.828.